The third-order valence-electron chi connectivity index (χ3n) is 3.49. The molecule has 1 saturated carbocycles. The first-order valence-corrected chi connectivity index (χ1v) is 6.28. The van der Waals surface area contributed by atoms with E-state index in [1.54, 1.807) is 0 Å². The minimum Gasteiger partial charge on any atom is -0.0833 e. The van der Waals surface area contributed by atoms with Crippen LogP contribution in [0.25, 0.3) is 4.85 Å². The Morgan fingerprint density at radius 2 is 1.93 bits per heavy atom. The van der Waals surface area contributed by atoms with Crippen molar-refractivity contribution < 1.29 is 0 Å². The SMILES string of the molecule is C#[N+]C1CCCCC1CCCCCC. The number of unbranched alkanes of at least 4 members (excludes halogenated alkanes) is 3. The monoisotopic (exact) mass is 194 g/mol. The van der Waals surface area contributed by atoms with Gasteiger partial charge in [-0.1, -0.05) is 43.9 Å². The molecule has 0 aliphatic heterocycles. The molecular weight excluding hydrogens is 170 g/mol. The van der Waals surface area contributed by atoms with Gasteiger partial charge in [0.05, 0.1) is 0 Å². The smallest absolute Gasteiger partial charge is 0.0833 e. The van der Waals surface area contributed by atoms with Crippen LogP contribution >= 0.6 is 0 Å². The predicted octanol–water partition coefficient (Wildman–Crippen LogP) is 4.48. The Balaban J connectivity index is 2.17. The fourth-order valence-electron chi connectivity index (χ4n) is 2.55. The van der Waals surface area contributed by atoms with Crippen LogP contribution in [-0.4, -0.2) is 6.04 Å². The summed E-state index contributed by atoms with van der Waals surface area (Å²) in [5, 5.41) is 0. The van der Waals surface area contributed by atoms with Crippen LogP contribution in [0, 0.1) is 12.5 Å². The molecule has 1 nitrogen and oxygen atoms in total. The summed E-state index contributed by atoms with van der Waals surface area (Å²) in [5.74, 6) is 0.797. The molecule has 0 aromatic rings. The van der Waals surface area contributed by atoms with E-state index in [1.165, 1.54) is 57.8 Å². The van der Waals surface area contributed by atoms with Gasteiger partial charge in [-0.2, -0.15) is 0 Å². The fraction of sp³-hybridized carbons (Fsp3) is 0.923. The van der Waals surface area contributed by atoms with Crippen molar-refractivity contribution in [1.29, 1.82) is 0 Å². The topological polar surface area (TPSA) is 4.36 Å². The van der Waals surface area contributed by atoms with E-state index in [4.69, 9.17) is 6.57 Å². The molecule has 1 aliphatic carbocycles. The maximum Gasteiger partial charge on any atom is 0.274 e. The van der Waals surface area contributed by atoms with Crippen LogP contribution < -0.4 is 0 Å². The molecule has 1 rings (SSSR count). The van der Waals surface area contributed by atoms with E-state index in [-0.39, 0.29) is 0 Å². The summed E-state index contributed by atoms with van der Waals surface area (Å²) in [4.78, 5) is 4.03. The fourth-order valence-corrected chi connectivity index (χ4v) is 2.55. The van der Waals surface area contributed by atoms with Gasteiger partial charge in [-0.05, 0) is 19.3 Å². The molecule has 0 saturated heterocycles. The summed E-state index contributed by atoms with van der Waals surface area (Å²) in [5.41, 5.74) is 0. The molecule has 1 heteroatoms. The lowest BCUT2D eigenvalue weighted by atomic mass is 9.82. The first-order chi connectivity index (χ1) is 6.88. The van der Waals surface area contributed by atoms with Crippen LogP contribution in [0.15, 0.2) is 0 Å². The van der Waals surface area contributed by atoms with Crippen LogP contribution in [0.3, 0.4) is 0 Å². The highest BCUT2D eigenvalue weighted by molar-refractivity contribution is 4.91. The number of hydrogen-bond donors (Lipinski definition) is 0. The Bertz CT molecular complexity index is 180. The van der Waals surface area contributed by atoms with Crippen molar-refractivity contribution in [3.63, 3.8) is 0 Å². The molecule has 0 amide bonds. The standard InChI is InChI=1S/C13H24N/c1-3-4-5-6-9-12-10-7-8-11-13(12)14-2/h2,12-13H,3-11H2,1H3/q+1. The molecule has 0 aromatic heterocycles. The normalized spacial score (nSPS) is 27.1. The molecule has 0 heterocycles. The van der Waals surface area contributed by atoms with Gasteiger partial charge in [0.25, 0.3) is 12.6 Å². The van der Waals surface area contributed by atoms with Crippen LogP contribution in [0.1, 0.15) is 64.7 Å². The van der Waals surface area contributed by atoms with Crippen LogP contribution in [0.5, 0.6) is 0 Å². The van der Waals surface area contributed by atoms with Crippen molar-refractivity contribution >= 4 is 0 Å². The maximum atomic E-state index is 5.45. The minimum atomic E-state index is 0.477. The van der Waals surface area contributed by atoms with Gasteiger partial charge in [-0.25, -0.2) is 0 Å². The third kappa shape index (κ3) is 3.70. The largest absolute Gasteiger partial charge is 0.274 e. The van der Waals surface area contributed by atoms with Crippen molar-refractivity contribution in [1.82, 2.24) is 0 Å². The lowest BCUT2D eigenvalue weighted by Crippen LogP contribution is -2.21. The third-order valence-corrected chi connectivity index (χ3v) is 3.49. The van der Waals surface area contributed by atoms with Gasteiger partial charge in [-0.3, -0.25) is 0 Å². The first-order valence-electron chi connectivity index (χ1n) is 6.28. The van der Waals surface area contributed by atoms with E-state index in [2.05, 4.69) is 11.8 Å². The summed E-state index contributed by atoms with van der Waals surface area (Å²) in [6, 6.07) is 0.477. The van der Waals surface area contributed by atoms with E-state index in [1.807, 2.05) is 0 Å². The summed E-state index contributed by atoms with van der Waals surface area (Å²) in [7, 11) is 0. The van der Waals surface area contributed by atoms with Gasteiger partial charge < -0.3 is 0 Å². The van der Waals surface area contributed by atoms with Crippen LogP contribution in [-0.2, 0) is 0 Å². The van der Waals surface area contributed by atoms with Gasteiger partial charge in [0.2, 0.25) is 0 Å². The average molecular weight is 194 g/mol. The minimum absolute atomic E-state index is 0.477. The van der Waals surface area contributed by atoms with Gasteiger partial charge in [0.1, 0.15) is 0 Å². The molecule has 1 fully saturated rings. The van der Waals surface area contributed by atoms with Crippen LogP contribution in [0.2, 0.25) is 0 Å². The molecule has 2 atom stereocenters. The summed E-state index contributed by atoms with van der Waals surface area (Å²) in [6.07, 6.45) is 12.2. The Hall–Kier alpha value is -0.510. The number of nitrogens with zero attached hydrogens (tertiary/aromatic N) is 1. The van der Waals surface area contributed by atoms with E-state index in [0.717, 1.165) is 5.92 Å². The van der Waals surface area contributed by atoms with E-state index < -0.39 is 0 Å². The lowest BCUT2D eigenvalue weighted by molar-refractivity contribution is 0.312. The Labute approximate surface area is 88.7 Å². The second kappa shape index (κ2) is 6.87. The first kappa shape index (κ1) is 11.6. The molecule has 14 heavy (non-hydrogen) atoms. The molecule has 0 spiro atoms. The Kier molecular flexibility index (Phi) is 5.68. The Morgan fingerprint density at radius 3 is 2.64 bits per heavy atom. The van der Waals surface area contributed by atoms with Crippen molar-refractivity contribution in [3.8, 4) is 6.57 Å². The molecule has 80 valence electrons. The van der Waals surface area contributed by atoms with Crippen molar-refractivity contribution in [2.75, 3.05) is 0 Å². The highest BCUT2D eigenvalue weighted by Gasteiger charge is 2.31. The maximum absolute atomic E-state index is 5.45. The lowest BCUT2D eigenvalue weighted by Gasteiger charge is -2.20. The van der Waals surface area contributed by atoms with E-state index >= 15 is 0 Å². The van der Waals surface area contributed by atoms with E-state index in [0.29, 0.717) is 6.04 Å². The zero-order valence-corrected chi connectivity index (χ0v) is 9.54. The van der Waals surface area contributed by atoms with Crippen molar-refractivity contribution in [3.05, 3.63) is 4.85 Å². The Morgan fingerprint density at radius 1 is 1.14 bits per heavy atom. The highest BCUT2D eigenvalue weighted by Crippen LogP contribution is 2.30. The second-order valence-corrected chi connectivity index (χ2v) is 4.61. The summed E-state index contributed by atoms with van der Waals surface area (Å²) < 4.78 is 0. The number of hydrogen-bond acceptors (Lipinski definition) is 0. The quantitative estimate of drug-likeness (QED) is 0.568. The predicted molar refractivity (Wildman–Crippen MR) is 62.8 cm³/mol. The second-order valence-electron chi connectivity index (χ2n) is 4.61. The molecule has 0 bridgehead atoms. The van der Waals surface area contributed by atoms with Gasteiger partial charge in [0, 0.05) is 12.3 Å². The molecular formula is C13H24N+. The highest BCUT2D eigenvalue weighted by atomic mass is 14.7. The summed E-state index contributed by atoms with van der Waals surface area (Å²) >= 11 is 0. The summed E-state index contributed by atoms with van der Waals surface area (Å²) in [6.45, 7) is 7.71. The van der Waals surface area contributed by atoms with Gasteiger partial charge >= 0.3 is 0 Å². The molecule has 1 aliphatic rings. The number of rotatable bonds is 5. The zero-order chi connectivity index (χ0) is 10.2. The van der Waals surface area contributed by atoms with Crippen molar-refractivity contribution in [2.45, 2.75) is 70.8 Å². The molecule has 0 radical (unpaired) electrons. The van der Waals surface area contributed by atoms with Gasteiger partial charge in [-0.15, -0.1) is 0 Å². The zero-order valence-electron chi connectivity index (χ0n) is 9.54. The average Bonchev–Trinajstić information content (AvgIpc) is 2.25. The molecule has 0 N–H and O–H groups in total. The van der Waals surface area contributed by atoms with Crippen LogP contribution in [0.4, 0.5) is 0 Å². The van der Waals surface area contributed by atoms with Gasteiger partial charge in [0.15, 0.2) is 0 Å². The van der Waals surface area contributed by atoms with E-state index in [9.17, 15) is 0 Å². The molecule has 0 aromatic carbocycles. The van der Waals surface area contributed by atoms with Crippen molar-refractivity contribution in [2.24, 2.45) is 5.92 Å². The molecule has 2 unspecified atom stereocenters.